The first-order chi connectivity index (χ1) is 16.3. The standard InChI is InChI=1S/C28H34N4O/c33-28(29-20-22-9-3-1-4-10-22)25-19-27(30-26-14-8-7-13-24(25)26)32-17-15-31(16-18-32)21-23-11-5-2-6-12-23/h2,5-8,11-14,19,22H,1,3-4,9-10,15-18,20-21H2,(H,29,33). The second-order valence-electron chi connectivity index (χ2n) is 9.51. The zero-order valence-electron chi connectivity index (χ0n) is 19.4. The molecule has 1 saturated carbocycles. The van der Waals surface area contributed by atoms with Crippen LogP contribution in [-0.2, 0) is 6.54 Å². The minimum atomic E-state index is 0.0307. The van der Waals surface area contributed by atoms with Crippen LogP contribution in [0.5, 0.6) is 0 Å². The SMILES string of the molecule is O=C(NCC1CCCCC1)c1cc(N2CCN(Cc3ccccc3)CC2)nc2ccccc12. The molecule has 1 aliphatic carbocycles. The Morgan fingerprint density at radius 1 is 0.909 bits per heavy atom. The van der Waals surface area contributed by atoms with Gasteiger partial charge in [0.15, 0.2) is 0 Å². The molecule has 1 aromatic heterocycles. The topological polar surface area (TPSA) is 48.5 Å². The van der Waals surface area contributed by atoms with E-state index in [1.807, 2.05) is 30.3 Å². The number of nitrogens with zero attached hydrogens (tertiary/aromatic N) is 3. The number of hydrogen-bond acceptors (Lipinski definition) is 4. The van der Waals surface area contributed by atoms with E-state index in [9.17, 15) is 4.79 Å². The number of carbonyl (C=O) groups is 1. The first kappa shape index (κ1) is 21.9. The molecule has 1 aliphatic heterocycles. The van der Waals surface area contributed by atoms with Gasteiger partial charge >= 0.3 is 0 Å². The molecule has 0 atom stereocenters. The number of rotatable bonds is 6. The van der Waals surface area contributed by atoms with Crippen molar-refractivity contribution in [3.63, 3.8) is 0 Å². The van der Waals surface area contributed by atoms with Gasteiger partial charge in [0, 0.05) is 44.7 Å². The van der Waals surface area contributed by atoms with Crippen LogP contribution in [0.1, 0.15) is 48.0 Å². The van der Waals surface area contributed by atoms with Gasteiger partial charge in [-0.3, -0.25) is 9.69 Å². The number of anilines is 1. The summed E-state index contributed by atoms with van der Waals surface area (Å²) in [5, 5.41) is 4.17. The molecule has 5 heteroatoms. The van der Waals surface area contributed by atoms with Crippen LogP contribution in [0, 0.1) is 5.92 Å². The van der Waals surface area contributed by atoms with Crippen molar-refractivity contribution in [2.45, 2.75) is 38.6 Å². The lowest BCUT2D eigenvalue weighted by atomic mass is 9.89. The molecule has 1 saturated heterocycles. The van der Waals surface area contributed by atoms with Crippen molar-refractivity contribution in [2.24, 2.45) is 5.92 Å². The van der Waals surface area contributed by atoms with Crippen LogP contribution >= 0.6 is 0 Å². The van der Waals surface area contributed by atoms with E-state index in [1.54, 1.807) is 0 Å². The summed E-state index contributed by atoms with van der Waals surface area (Å²) in [5.74, 6) is 1.56. The monoisotopic (exact) mass is 442 g/mol. The predicted molar refractivity (Wildman–Crippen MR) is 135 cm³/mol. The van der Waals surface area contributed by atoms with Gasteiger partial charge in [0.1, 0.15) is 5.82 Å². The minimum Gasteiger partial charge on any atom is -0.354 e. The molecule has 3 aromatic rings. The van der Waals surface area contributed by atoms with Crippen LogP contribution in [0.3, 0.4) is 0 Å². The molecule has 5 nitrogen and oxygen atoms in total. The van der Waals surface area contributed by atoms with Crippen molar-refractivity contribution in [1.82, 2.24) is 15.2 Å². The third kappa shape index (κ3) is 5.36. The predicted octanol–water partition coefficient (Wildman–Crippen LogP) is 4.87. The fraction of sp³-hybridized carbons (Fsp3) is 0.429. The Bertz CT molecular complexity index is 1070. The molecule has 2 heterocycles. The second kappa shape index (κ2) is 10.3. The van der Waals surface area contributed by atoms with Gasteiger partial charge in [0.05, 0.1) is 11.1 Å². The van der Waals surface area contributed by atoms with Crippen molar-refractivity contribution in [1.29, 1.82) is 0 Å². The molecular formula is C28H34N4O. The van der Waals surface area contributed by atoms with E-state index < -0.39 is 0 Å². The number of amides is 1. The van der Waals surface area contributed by atoms with E-state index in [2.05, 4.69) is 45.4 Å². The Morgan fingerprint density at radius 2 is 1.64 bits per heavy atom. The molecule has 0 radical (unpaired) electrons. The summed E-state index contributed by atoms with van der Waals surface area (Å²) >= 11 is 0. The van der Waals surface area contributed by atoms with E-state index in [-0.39, 0.29) is 5.91 Å². The number of benzene rings is 2. The number of hydrogen-bond donors (Lipinski definition) is 1. The van der Waals surface area contributed by atoms with Crippen LogP contribution in [0.2, 0.25) is 0 Å². The second-order valence-corrected chi connectivity index (χ2v) is 9.51. The van der Waals surface area contributed by atoms with Gasteiger partial charge in [0.25, 0.3) is 5.91 Å². The Morgan fingerprint density at radius 3 is 2.42 bits per heavy atom. The molecule has 2 fully saturated rings. The number of aromatic nitrogens is 1. The van der Waals surface area contributed by atoms with Gasteiger partial charge in [-0.25, -0.2) is 4.98 Å². The van der Waals surface area contributed by atoms with E-state index in [4.69, 9.17) is 4.98 Å². The highest BCUT2D eigenvalue weighted by Crippen LogP contribution is 2.26. The number of piperazine rings is 1. The highest BCUT2D eigenvalue weighted by atomic mass is 16.1. The zero-order valence-corrected chi connectivity index (χ0v) is 19.4. The molecule has 0 unspecified atom stereocenters. The van der Waals surface area contributed by atoms with Gasteiger partial charge in [-0.15, -0.1) is 0 Å². The van der Waals surface area contributed by atoms with Gasteiger partial charge in [-0.05, 0) is 36.5 Å². The number of carbonyl (C=O) groups excluding carboxylic acids is 1. The van der Waals surface area contributed by atoms with E-state index in [1.165, 1.54) is 37.7 Å². The zero-order chi connectivity index (χ0) is 22.5. The summed E-state index contributed by atoms with van der Waals surface area (Å²) in [6, 6.07) is 20.7. The Hall–Kier alpha value is -2.92. The molecule has 0 bridgehead atoms. The summed E-state index contributed by atoms with van der Waals surface area (Å²) < 4.78 is 0. The molecule has 5 rings (SSSR count). The summed E-state index contributed by atoms with van der Waals surface area (Å²) in [7, 11) is 0. The molecule has 33 heavy (non-hydrogen) atoms. The Balaban J connectivity index is 1.29. The van der Waals surface area contributed by atoms with Crippen LogP contribution in [0.4, 0.5) is 5.82 Å². The number of nitrogens with one attached hydrogen (secondary N) is 1. The maximum atomic E-state index is 13.2. The largest absolute Gasteiger partial charge is 0.354 e. The van der Waals surface area contributed by atoms with Crippen molar-refractivity contribution in [3.8, 4) is 0 Å². The molecule has 172 valence electrons. The molecule has 1 N–H and O–H groups in total. The van der Waals surface area contributed by atoms with Gasteiger partial charge in [0.2, 0.25) is 0 Å². The number of para-hydroxylation sites is 1. The first-order valence-electron chi connectivity index (χ1n) is 12.5. The third-order valence-corrected chi connectivity index (χ3v) is 7.17. The average Bonchev–Trinajstić information content (AvgIpc) is 2.88. The van der Waals surface area contributed by atoms with Crippen LogP contribution in [0.15, 0.2) is 60.7 Å². The summed E-state index contributed by atoms with van der Waals surface area (Å²) in [5.41, 5.74) is 2.99. The van der Waals surface area contributed by atoms with Crippen molar-refractivity contribution >= 4 is 22.6 Å². The molecule has 2 aliphatic rings. The number of pyridine rings is 1. The molecular weight excluding hydrogens is 408 g/mol. The van der Waals surface area contributed by atoms with Crippen LogP contribution in [0.25, 0.3) is 10.9 Å². The maximum Gasteiger partial charge on any atom is 0.252 e. The van der Waals surface area contributed by atoms with Gasteiger partial charge < -0.3 is 10.2 Å². The lowest BCUT2D eigenvalue weighted by Crippen LogP contribution is -2.46. The van der Waals surface area contributed by atoms with Crippen molar-refractivity contribution in [3.05, 3.63) is 71.8 Å². The van der Waals surface area contributed by atoms with Crippen LogP contribution in [-0.4, -0.2) is 48.5 Å². The molecule has 1 amide bonds. The van der Waals surface area contributed by atoms with E-state index >= 15 is 0 Å². The summed E-state index contributed by atoms with van der Waals surface area (Å²) in [6.45, 7) is 5.58. The minimum absolute atomic E-state index is 0.0307. The maximum absolute atomic E-state index is 13.2. The lowest BCUT2D eigenvalue weighted by Gasteiger charge is -2.35. The quantitative estimate of drug-likeness (QED) is 0.592. The summed E-state index contributed by atoms with van der Waals surface area (Å²) in [6.07, 6.45) is 6.38. The fourth-order valence-corrected chi connectivity index (χ4v) is 5.21. The normalized spacial score (nSPS) is 17.9. The Labute approximate surface area is 196 Å². The van der Waals surface area contributed by atoms with Gasteiger partial charge in [-0.1, -0.05) is 67.8 Å². The van der Waals surface area contributed by atoms with E-state index in [0.717, 1.165) is 61.6 Å². The molecule has 2 aromatic carbocycles. The highest BCUT2D eigenvalue weighted by Gasteiger charge is 2.22. The average molecular weight is 443 g/mol. The summed E-state index contributed by atoms with van der Waals surface area (Å²) in [4.78, 5) is 23.0. The van der Waals surface area contributed by atoms with Crippen molar-refractivity contribution < 1.29 is 4.79 Å². The van der Waals surface area contributed by atoms with Crippen molar-refractivity contribution in [2.75, 3.05) is 37.6 Å². The van der Waals surface area contributed by atoms with E-state index in [0.29, 0.717) is 5.92 Å². The fourth-order valence-electron chi connectivity index (χ4n) is 5.21. The Kier molecular flexibility index (Phi) is 6.87. The highest BCUT2D eigenvalue weighted by molar-refractivity contribution is 6.07. The van der Waals surface area contributed by atoms with Crippen LogP contribution < -0.4 is 10.2 Å². The first-order valence-corrected chi connectivity index (χ1v) is 12.5. The number of fused-ring (bicyclic) bond motifs is 1. The smallest absolute Gasteiger partial charge is 0.252 e. The third-order valence-electron chi connectivity index (χ3n) is 7.17. The van der Waals surface area contributed by atoms with Gasteiger partial charge in [-0.2, -0.15) is 0 Å². The lowest BCUT2D eigenvalue weighted by molar-refractivity contribution is 0.0945. The molecule has 0 spiro atoms.